The predicted molar refractivity (Wildman–Crippen MR) is 140 cm³/mol. The SMILES string of the molecule is CN=C(NCCCN1CCCCC1C)NCc1cccc(NC(=O)Cn2cccn2)c1.I. The number of piperidine rings is 1. The summed E-state index contributed by atoms with van der Waals surface area (Å²) in [5.41, 5.74) is 1.84. The fraction of sp³-hybridized carbons (Fsp3) is 0.522. The van der Waals surface area contributed by atoms with E-state index in [0.29, 0.717) is 12.6 Å². The number of nitrogens with one attached hydrogen (secondary N) is 3. The third-order valence-corrected chi connectivity index (χ3v) is 5.61. The van der Waals surface area contributed by atoms with E-state index < -0.39 is 0 Å². The molecule has 1 aliphatic heterocycles. The van der Waals surface area contributed by atoms with Crippen LogP contribution >= 0.6 is 24.0 Å². The van der Waals surface area contributed by atoms with Gasteiger partial charge >= 0.3 is 0 Å². The molecule has 1 fully saturated rings. The Hall–Kier alpha value is -2.14. The second-order valence-electron chi connectivity index (χ2n) is 8.04. The molecule has 2 aromatic rings. The molecule has 2 heterocycles. The van der Waals surface area contributed by atoms with E-state index in [1.165, 1.54) is 25.8 Å². The van der Waals surface area contributed by atoms with Crippen LogP contribution in [0.4, 0.5) is 5.69 Å². The Balaban J connectivity index is 0.00000363. The highest BCUT2D eigenvalue weighted by Gasteiger charge is 2.17. The van der Waals surface area contributed by atoms with Crippen molar-refractivity contribution in [2.45, 2.75) is 51.7 Å². The van der Waals surface area contributed by atoms with E-state index in [1.54, 1.807) is 30.2 Å². The Morgan fingerprint density at radius 3 is 2.88 bits per heavy atom. The van der Waals surface area contributed by atoms with Crippen LogP contribution in [0.1, 0.15) is 38.2 Å². The van der Waals surface area contributed by atoms with Crippen LogP contribution in [-0.2, 0) is 17.9 Å². The van der Waals surface area contributed by atoms with E-state index >= 15 is 0 Å². The summed E-state index contributed by atoms with van der Waals surface area (Å²) < 4.78 is 1.60. The minimum absolute atomic E-state index is 0. The topological polar surface area (TPSA) is 86.6 Å². The number of rotatable bonds is 9. The van der Waals surface area contributed by atoms with Crippen molar-refractivity contribution in [2.24, 2.45) is 4.99 Å². The first-order valence-electron chi connectivity index (χ1n) is 11.2. The van der Waals surface area contributed by atoms with Crippen LogP contribution in [0.15, 0.2) is 47.7 Å². The molecule has 8 nitrogen and oxygen atoms in total. The second-order valence-corrected chi connectivity index (χ2v) is 8.04. The van der Waals surface area contributed by atoms with E-state index in [-0.39, 0.29) is 36.4 Å². The van der Waals surface area contributed by atoms with Crippen molar-refractivity contribution in [3.63, 3.8) is 0 Å². The largest absolute Gasteiger partial charge is 0.356 e. The van der Waals surface area contributed by atoms with E-state index in [1.807, 2.05) is 24.3 Å². The van der Waals surface area contributed by atoms with E-state index in [4.69, 9.17) is 0 Å². The van der Waals surface area contributed by atoms with Crippen LogP contribution in [0.5, 0.6) is 0 Å². The van der Waals surface area contributed by atoms with Gasteiger partial charge in [-0.1, -0.05) is 18.6 Å². The summed E-state index contributed by atoms with van der Waals surface area (Å²) in [6.07, 6.45) is 8.54. The molecule has 1 saturated heterocycles. The second kappa shape index (κ2) is 14.1. The molecule has 0 aliphatic carbocycles. The highest BCUT2D eigenvalue weighted by molar-refractivity contribution is 14.0. The number of benzene rings is 1. The molecule has 1 amide bonds. The first-order valence-corrected chi connectivity index (χ1v) is 11.2. The van der Waals surface area contributed by atoms with Crippen molar-refractivity contribution in [1.82, 2.24) is 25.3 Å². The Bertz CT molecular complexity index is 841. The lowest BCUT2D eigenvalue weighted by atomic mass is 10.0. The van der Waals surface area contributed by atoms with Gasteiger partial charge in [0, 0.05) is 50.8 Å². The highest BCUT2D eigenvalue weighted by atomic mass is 127. The van der Waals surface area contributed by atoms with Crippen LogP contribution in [0.3, 0.4) is 0 Å². The average molecular weight is 553 g/mol. The number of halogens is 1. The third kappa shape index (κ3) is 8.78. The quantitative estimate of drug-likeness (QED) is 0.192. The minimum atomic E-state index is -0.102. The molecule has 176 valence electrons. The molecule has 1 aromatic carbocycles. The number of carbonyl (C=O) groups excluding carboxylic acids is 1. The summed E-state index contributed by atoms with van der Waals surface area (Å²) in [7, 11) is 1.79. The Morgan fingerprint density at radius 1 is 1.25 bits per heavy atom. The maximum Gasteiger partial charge on any atom is 0.246 e. The summed E-state index contributed by atoms with van der Waals surface area (Å²) in [5.74, 6) is 0.689. The molecule has 1 aromatic heterocycles. The van der Waals surface area contributed by atoms with Crippen molar-refractivity contribution in [2.75, 3.05) is 32.0 Å². The van der Waals surface area contributed by atoms with E-state index in [2.05, 4.69) is 37.9 Å². The summed E-state index contributed by atoms with van der Waals surface area (Å²) in [4.78, 5) is 19.1. The Kier molecular flexibility index (Phi) is 11.5. The summed E-state index contributed by atoms with van der Waals surface area (Å²) >= 11 is 0. The first kappa shape index (κ1) is 26.1. The zero-order chi connectivity index (χ0) is 21.9. The smallest absolute Gasteiger partial charge is 0.246 e. The standard InChI is InChI=1S/C23H35N7O.HI/c1-19-8-3-4-13-29(19)14-6-11-25-23(24-2)26-17-20-9-5-10-21(16-20)28-22(31)18-30-15-7-12-27-30;/h5,7,9-10,12,15-16,19H,3-4,6,8,11,13-14,17-18H2,1-2H3,(H,28,31)(H2,24,25,26);1H. The van der Waals surface area contributed by atoms with Crippen LogP contribution in [0.25, 0.3) is 0 Å². The predicted octanol–water partition coefficient (Wildman–Crippen LogP) is 3.07. The van der Waals surface area contributed by atoms with Gasteiger partial charge in [-0.3, -0.25) is 14.5 Å². The van der Waals surface area contributed by atoms with Crippen molar-refractivity contribution in [1.29, 1.82) is 0 Å². The monoisotopic (exact) mass is 553 g/mol. The number of anilines is 1. The molecule has 1 unspecified atom stereocenters. The lowest BCUT2D eigenvalue weighted by Gasteiger charge is -2.33. The normalized spacial score (nSPS) is 16.8. The number of guanidine groups is 1. The van der Waals surface area contributed by atoms with Gasteiger partial charge in [-0.15, -0.1) is 24.0 Å². The highest BCUT2D eigenvalue weighted by Crippen LogP contribution is 2.16. The number of aromatic nitrogens is 2. The molecule has 1 atom stereocenters. The molecule has 0 radical (unpaired) electrons. The molecule has 0 saturated carbocycles. The molecule has 3 rings (SSSR count). The summed E-state index contributed by atoms with van der Waals surface area (Å²) in [5, 5.41) is 13.7. The Labute approximate surface area is 208 Å². The van der Waals surface area contributed by atoms with Crippen molar-refractivity contribution in [3.8, 4) is 0 Å². The van der Waals surface area contributed by atoms with Crippen LogP contribution in [0, 0.1) is 0 Å². The Morgan fingerprint density at radius 2 is 2.12 bits per heavy atom. The third-order valence-electron chi connectivity index (χ3n) is 5.61. The van der Waals surface area contributed by atoms with Gasteiger partial charge in [0.05, 0.1) is 0 Å². The average Bonchev–Trinajstić information content (AvgIpc) is 3.27. The van der Waals surface area contributed by atoms with Gasteiger partial charge in [-0.25, -0.2) is 0 Å². The fourth-order valence-corrected chi connectivity index (χ4v) is 3.89. The van der Waals surface area contributed by atoms with Crippen LogP contribution in [0.2, 0.25) is 0 Å². The fourth-order valence-electron chi connectivity index (χ4n) is 3.89. The lowest BCUT2D eigenvalue weighted by Crippen LogP contribution is -2.41. The maximum atomic E-state index is 12.2. The number of amides is 1. The zero-order valence-corrected chi connectivity index (χ0v) is 21.4. The number of hydrogen-bond acceptors (Lipinski definition) is 4. The molecule has 0 spiro atoms. The number of hydrogen-bond donors (Lipinski definition) is 3. The number of carbonyl (C=O) groups is 1. The van der Waals surface area contributed by atoms with Crippen LogP contribution in [-0.4, -0.2) is 59.3 Å². The molecule has 3 N–H and O–H groups in total. The molecule has 32 heavy (non-hydrogen) atoms. The van der Waals surface area contributed by atoms with Gasteiger partial charge in [0.1, 0.15) is 6.54 Å². The molecule has 9 heteroatoms. The number of aliphatic imine (C=N–C) groups is 1. The van der Waals surface area contributed by atoms with Gasteiger partial charge in [0.2, 0.25) is 5.91 Å². The van der Waals surface area contributed by atoms with E-state index in [0.717, 1.165) is 36.7 Å². The minimum Gasteiger partial charge on any atom is -0.356 e. The van der Waals surface area contributed by atoms with Gasteiger partial charge in [0.25, 0.3) is 0 Å². The van der Waals surface area contributed by atoms with Gasteiger partial charge in [0.15, 0.2) is 5.96 Å². The zero-order valence-electron chi connectivity index (χ0n) is 19.1. The summed E-state index contributed by atoms with van der Waals surface area (Å²) in [6.45, 7) is 6.41. The van der Waals surface area contributed by atoms with Gasteiger partial charge < -0.3 is 20.9 Å². The van der Waals surface area contributed by atoms with Crippen molar-refractivity contribution in [3.05, 3.63) is 48.3 Å². The maximum absolute atomic E-state index is 12.2. The molecule has 0 bridgehead atoms. The summed E-state index contributed by atoms with van der Waals surface area (Å²) in [6, 6.07) is 10.3. The lowest BCUT2D eigenvalue weighted by molar-refractivity contribution is -0.116. The number of likely N-dealkylation sites (tertiary alicyclic amines) is 1. The number of nitrogens with zero attached hydrogens (tertiary/aromatic N) is 4. The molecular weight excluding hydrogens is 517 g/mol. The van der Waals surface area contributed by atoms with Crippen molar-refractivity contribution < 1.29 is 4.79 Å². The van der Waals surface area contributed by atoms with Gasteiger partial charge in [-0.05, 0) is 56.5 Å². The van der Waals surface area contributed by atoms with Gasteiger partial charge in [-0.2, -0.15) is 5.10 Å². The van der Waals surface area contributed by atoms with E-state index in [9.17, 15) is 4.79 Å². The molecule has 1 aliphatic rings. The van der Waals surface area contributed by atoms with Crippen LogP contribution < -0.4 is 16.0 Å². The molecular formula is C23H36IN7O. The first-order chi connectivity index (χ1) is 15.1. The van der Waals surface area contributed by atoms with Crippen molar-refractivity contribution >= 4 is 41.5 Å².